The summed E-state index contributed by atoms with van der Waals surface area (Å²) >= 11 is 0. The quantitative estimate of drug-likeness (QED) is 0.776. The maximum atomic E-state index is 13.5. The van der Waals surface area contributed by atoms with Crippen LogP contribution in [0.5, 0.6) is 0 Å². The molecule has 0 saturated heterocycles. The van der Waals surface area contributed by atoms with Crippen LogP contribution in [0.1, 0.15) is 10.4 Å². The molecule has 6 heteroatoms. The Labute approximate surface area is 119 Å². The third kappa shape index (κ3) is 2.79. The fourth-order valence-electron chi connectivity index (χ4n) is 1.94. The molecular formula is C15H11FN4O. The van der Waals surface area contributed by atoms with Crippen molar-refractivity contribution in [2.75, 3.05) is 5.32 Å². The van der Waals surface area contributed by atoms with Gasteiger partial charge in [-0.05, 0) is 23.8 Å². The highest BCUT2D eigenvalue weighted by atomic mass is 19.1. The Morgan fingerprint density at radius 3 is 2.86 bits per heavy atom. The fourth-order valence-corrected chi connectivity index (χ4v) is 1.94. The second kappa shape index (κ2) is 5.54. The number of rotatable bonds is 3. The van der Waals surface area contributed by atoms with Crippen LogP contribution in [0.3, 0.4) is 0 Å². The molecule has 104 valence electrons. The molecule has 0 saturated carbocycles. The Morgan fingerprint density at radius 1 is 1.19 bits per heavy atom. The number of pyridine rings is 1. The average Bonchev–Trinajstić information content (AvgIpc) is 3.02. The summed E-state index contributed by atoms with van der Waals surface area (Å²) in [5.74, 6) is -1.17. The van der Waals surface area contributed by atoms with Crippen LogP contribution >= 0.6 is 0 Å². The fraction of sp³-hybridized carbons (Fsp3) is 0. The molecule has 2 N–H and O–H groups in total. The first kappa shape index (κ1) is 13.0. The van der Waals surface area contributed by atoms with E-state index in [4.69, 9.17) is 0 Å². The molecule has 3 aromatic rings. The molecule has 0 spiro atoms. The summed E-state index contributed by atoms with van der Waals surface area (Å²) in [5, 5.41) is 9.27. The van der Waals surface area contributed by atoms with Crippen molar-refractivity contribution in [3.05, 3.63) is 66.5 Å². The first-order chi connectivity index (χ1) is 10.2. The highest BCUT2D eigenvalue weighted by Gasteiger charge is 2.11. The Hall–Kier alpha value is -3.02. The van der Waals surface area contributed by atoms with Crippen molar-refractivity contribution < 1.29 is 9.18 Å². The van der Waals surface area contributed by atoms with Crippen LogP contribution in [0.4, 0.5) is 10.1 Å². The molecule has 0 aliphatic carbocycles. The van der Waals surface area contributed by atoms with Gasteiger partial charge in [0.1, 0.15) is 0 Å². The Bertz CT molecular complexity index is 771. The normalized spacial score (nSPS) is 10.3. The number of anilines is 1. The Balaban J connectivity index is 1.84. The van der Waals surface area contributed by atoms with Crippen LogP contribution in [0.2, 0.25) is 0 Å². The predicted molar refractivity (Wildman–Crippen MR) is 76.2 cm³/mol. The van der Waals surface area contributed by atoms with Crippen LogP contribution in [0.25, 0.3) is 11.1 Å². The van der Waals surface area contributed by atoms with E-state index in [1.54, 1.807) is 30.6 Å². The van der Waals surface area contributed by atoms with Crippen molar-refractivity contribution in [3.8, 4) is 11.1 Å². The molecule has 2 heterocycles. The molecule has 3 rings (SSSR count). The number of aromatic nitrogens is 3. The highest BCUT2D eigenvalue weighted by Crippen LogP contribution is 2.21. The van der Waals surface area contributed by atoms with Crippen LogP contribution in [-0.2, 0) is 0 Å². The second-order valence-corrected chi connectivity index (χ2v) is 4.38. The van der Waals surface area contributed by atoms with Gasteiger partial charge in [0.05, 0.1) is 18.0 Å². The molecule has 0 aliphatic rings. The van der Waals surface area contributed by atoms with E-state index >= 15 is 0 Å². The molecule has 0 bridgehead atoms. The number of nitrogens with zero attached hydrogens (tertiary/aromatic N) is 2. The number of carbonyl (C=O) groups is 1. The predicted octanol–water partition coefficient (Wildman–Crippen LogP) is 2.86. The van der Waals surface area contributed by atoms with Gasteiger partial charge in [-0.25, -0.2) is 4.39 Å². The van der Waals surface area contributed by atoms with E-state index in [0.29, 0.717) is 5.69 Å². The summed E-state index contributed by atoms with van der Waals surface area (Å²) in [6, 6.07) is 8.57. The minimum Gasteiger partial charge on any atom is -0.322 e. The Kier molecular flexibility index (Phi) is 3.42. The molecule has 5 nitrogen and oxygen atoms in total. The van der Waals surface area contributed by atoms with Gasteiger partial charge in [0.25, 0.3) is 5.91 Å². The van der Waals surface area contributed by atoms with E-state index in [1.807, 2.05) is 6.07 Å². The first-order valence-corrected chi connectivity index (χ1v) is 6.24. The molecule has 21 heavy (non-hydrogen) atoms. The van der Waals surface area contributed by atoms with Crippen molar-refractivity contribution >= 4 is 11.6 Å². The van der Waals surface area contributed by atoms with E-state index in [1.165, 1.54) is 12.3 Å². The summed E-state index contributed by atoms with van der Waals surface area (Å²) in [6.07, 6.45) is 5.82. The van der Waals surface area contributed by atoms with Crippen molar-refractivity contribution in [2.45, 2.75) is 0 Å². The summed E-state index contributed by atoms with van der Waals surface area (Å²) in [4.78, 5) is 15.7. The largest absolute Gasteiger partial charge is 0.322 e. The lowest BCUT2D eigenvalue weighted by atomic mass is 10.1. The van der Waals surface area contributed by atoms with Gasteiger partial charge in [-0.15, -0.1) is 0 Å². The molecule has 0 atom stereocenters. The van der Waals surface area contributed by atoms with Gasteiger partial charge in [-0.3, -0.25) is 14.9 Å². The maximum absolute atomic E-state index is 13.5. The first-order valence-electron chi connectivity index (χ1n) is 6.24. The SMILES string of the molecule is O=C(Nc1cccc(-c2cn[nH]c2)c1)c1ccncc1F. The molecule has 1 aromatic carbocycles. The van der Waals surface area contributed by atoms with Crippen molar-refractivity contribution in [1.29, 1.82) is 0 Å². The zero-order valence-electron chi connectivity index (χ0n) is 10.9. The van der Waals surface area contributed by atoms with Crippen molar-refractivity contribution in [3.63, 3.8) is 0 Å². The number of nitrogens with one attached hydrogen (secondary N) is 2. The summed E-state index contributed by atoms with van der Waals surface area (Å²) in [5.41, 5.74) is 2.34. The van der Waals surface area contributed by atoms with Gasteiger partial charge < -0.3 is 5.32 Å². The lowest BCUT2D eigenvalue weighted by Crippen LogP contribution is -2.13. The van der Waals surface area contributed by atoms with Gasteiger partial charge in [0.2, 0.25) is 0 Å². The number of H-pyrrole nitrogens is 1. The van der Waals surface area contributed by atoms with Crippen molar-refractivity contribution in [1.82, 2.24) is 15.2 Å². The Morgan fingerprint density at radius 2 is 2.10 bits per heavy atom. The topological polar surface area (TPSA) is 70.7 Å². The van der Waals surface area contributed by atoms with Gasteiger partial charge in [0.15, 0.2) is 5.82 Å². The molecule has 1 amide bonds. The third-order valence-corrected chi connectivity index (χ3v) is 2.97. The lowest BCUT2D eigenvalue weighted by molar-refractivity contribution is 0.102. The van der Waals surface area contributed by atoms with E-state index < -0.39 is 11.7 Å². The monoisotopic (exact) mass is 282 g/mol. The number of hydrogen-bond donors (Lipinski definition) is 2. The molecule has 0 unspecified atom stereocenters. The summed E-state index contributed by atoms with van der Waals surface area (Å²) in [6.45, 7) is 0. The standard InChI is InChI=1S/C15H11FN4O/c16-14-9-17-5-4-13(14)15(21)20-12-3-1-2-10(6-12)11-7-18-19-8-11/h1-9H,(H,18,19)(H,20,21). The van der Waals surface area contributed by atoms with E-state index in [0.717, 1.165) is 17.3 Å². The third-order valence-electron chi connectivity index (χ3n) is 2.97. The number of benzene rings is 1. The van der Waals surface area contributed by atoms with Gasteiger partial charge in [-0.1, -0.05) is 12.1 Å². The summed E-state index contributed by atoms with van der Waals surface area (Å²) in [7, 11) is 0. The van der Waals surface area contributed by atoms with E-state index in [2.05, 4.69) is 20.5 Å². The van der Waals surface area contributed by atoms with Crippen molar-refractivity contribution in [2.24, 2.45) is 0 Å². The number of carbonyl (C=O) groups excluding carboxylic acids is 1. The molecule has 0 fully saturated rings. The molecule has 0 radical (unpaired) electrons. The minimum absolute atomic E-state index is 0.0429. The number of hydrogen-bond acceptors (Lipinski definition) is 3. The van der Waals surface area contributed by atoms with Gasteiger partial charge >= 0.3 is 0 Å². The lowest BCUT2D eigenvalue weighted by Gasteiger charge is -2.07. The maximum Gasteiger partial charge on any atom is 0.258 e. The number of halogens is 1. The van der Waals surface area contributed by atoms with Crippen LogP contribution in [-0.4, -0.2) is 21.1 Å². The summed E-state index contributed by atoms with van der Waals surface area (Å²) < 4.78 is 13.5. The van der Waals surface area contributed by atoms with Gasteiger partial charge in [-0.2, -0.15) is 5.10 Å². The zero-order valence-corrected chi connectivity index (χ0v) is 10.9. The average molecular weight is 282 g/mol. The van der Waals surface area contributed by atoms with E-state index in [-0.39, 0.29) is 5.56 Å². The van der Waals surface area contributed by atoms with Crippen LogP contribution in [0.15, 0.2) is 55.1 Å². The minimum atomic E-state index is -0.652. The highest BCUT2D eigenvalue weighted by molar-refractivity contribution is 6.04. The smallest absolute Gasteiger partial charge is 0.258 e. The molecular weight excluding hydrogens is 271 g/mol. The second-order valence-electron chi connectivity index (χ2n) is 4.38. The molecule has 0 aliphatic heterocycles. The van der Waals surface area contributed by atoms with Crippen LogP contribution < -0.4 is 5.32 Å². The number of amides is 1. The number of aromatic amines is 1. The van der Waals surface area contributed by atoms with E-state index in [9.17, 15) is 9.18 Å². The van der Waals surface area contributed by atoms with Crippen LogP contribution in [0, 0.1) is 5.82 Å². The zero-order chi connectivity index (χ0) is 14.7. The molecule has 2 aromatic heterocycles. The van der Waals surface area contributed by atoms with Gasteiger partial charge in [0, 0.05) is 23.6 Å².